The highest BCUT2D eigenvalue weighted by Crippen LogP contribution is 2.14. The second-order valence-corrected chi connectivity index (χ2v) is 6.81. The molecule has 118 valence electrons. The summed E-state index contributed by atoms with van der Waals surface area (Å²) in [5, 5.41) is 11.5. The lowest BCUT2D eigenvalue weighted by molar-refractivity contribution is -0.121. The standard InChI is InChI=1S/C14H22N2O4S/c1-10-4-5-13(8-11(10)2)21(19,20)16-7-6-14(18)15-9-12(3)17/h4-5,8,12,16-17H,6-7,9H2,1-3H3,(H,15,18). The van der Waals surface area contributed by atoms with E-state index >= 15 is 0 Å². The highest BCUT2D eigenvalue weighted by Gasteiger charge is 2.14. The summed E-state index contributed by atoms with van der Waals surface area (Å²) in [6.07, 6.45) is -0.599. The van der Waals surface area contributed by atoms with Crippen molar-refractivity contribution in [3.8, 4) is 0 Å². The molecule has 1 rings (SSSR count). The summed E-state index contributed by atoms with van der Waals surface area (Å²) in [5.74, 6) is -0.307. The van der Waals surface area contributed by atoms with E-state index in [0.717, 1.165) is 11.1 Å². The van der Waals surface area contributed by atoms with E-state index in [4.69, 9.17) is 5.11 Å². The van der Waals surface area contributed by atoms with Gasteiger partial charge in [0.05, 0.1) is 11.0 Å². The van der Waals surface area contributed by atoms with Gasteiger partial charge >= 0.3 is 0 Å². The van der Waals surface area contributed by atoms with Gasteiger partial charge in [-0.1, -0.05) is 6.07 Å². The lowest BCUT2D eigenvalue weighted by Crippen LogP contribution is -2.34. The second-order valence-electron chi connectivity index (χ2n) is 5.05. The predicted molar refractivity (Wildman–Crippen MR) is 80.4 cm³/mol. The first-order chi connectivity index (χ1) is 9.72. The third-order valence-electron chi connectivity index (χ3n) is 3.03. The number of hydrogen-bond donors (Lipinski definition) is 3. The van der Waals surface area contributed by atoms with Crippen LogP contribution in [0.4, 0.5) is 0 Å². The molecule has 1 aromatic rings. The fraction of sp³-hybridized carbons (Fsp3) is 0.500. The first-order valence-corrected chi connectivity index (χ1v) is 8.22. The molecule has 21 heavy (non-hydrogen) atoms. The second kappa shape index (κ2) is 7.53. The summed E-state index contributed by atoms with van der Waals surface area (Å²) in [6.45, 7) is 5.48. The van der Waals surface area contributed by atoms with Crippen LogP contribution in [0.1, 0.15) is 24.5 Å². The van der Waals surface area contributed by atoms with Crippen molar-refractivity contribution in [2.45, 2.75) is 38.2 Å². The van der Waals surface area contributed by atoms with Crippen molar-refractivity contribution in [2.75, 3.05) is 13.1 Å². The summed E-state index contributed by atoms with van der Waals surface area (Å²) in [6, 6.07) is 4.89. The van der Waals surface area contributed by atoms with Gasteiger partial charge in [0, 0.05) is 19.5 Å². The number of aryl methyl sites for hydroxylation is 2. The van der Waals surface area contributed by atoms with Crippen molar-refractivity contribution >= 4 is 15.9 Å². The fourth-order valence-corrected chi connectivity index (χ4v) is 2.73. The topological polar surface area (TPSA) is 95.5 Å². The van der Waals surface area contributed by atoms with Gasteiger partial charge in [0.15, 0.2) is 0 Å². The fourth-order valence-electron chi connectivity index (χ4n) is 1.61. The minimum Gasteiger partial charge on any atom is -0.392 e. The van der Waals surface area contributed by atoms with Gasteiger partial charge in [0.1, 0.15) is 0 Å². The Kier molecular flexibility index (Phi) is 6.32. The van der Waals surface area contributed by atoms with Gasteiger partial charge in [-0.25, -0.2) is 13.1 Å². The lowest BCUT2D eigenvalue weighted by atomic mass is 10.1. The van der Waals surface area contributed by atoms with Gasteiger partial charge in [0.2, 0.25) is 15.9 Å². The number of rotatable bonds is 7. The number of carbonyl (C=O) groups is 1. The van der Waals surface area contributed by atoms with Crippen LogP contribution in [0, 0.1) is 13.8 Å². The summed E-state index contributed by atoms with van der Waals surface area (Å²) in [4.78, 5) is 11.6. The van der Waals surface area contributed by atoms with Crippen molar-refractivity contribution in [2.24, 2.45) is 0 Å². The van der Waals surface area contributed by atoms with Crippen molar-refractivity contribution in [3.05, 3.63) is 29.3 Å². The van der Waals surface area contributed by atoms with Gasteiger partial charge in [-0.05, 0) is 44.0 Å². The number of aliphatic hydroxyl groups is 1. The van der Waals surface area contributed by atoms with Crippen LogP contribution in [0.2, 0.25) is 0 Å². The summed E-state index contributed by atoms with van der Waals surface area (Å²) in [7, 11) is -3.61. The van der Waals surface area contributed by atoms with Gasteiger partial charge in [-0.3, -0.25) is 4.79 Å². The molecule has 0 spiro atoms. The summed E-state index contributed by atoms with van der Waals surface area (Å²) < 4.78 is 26.5. The minimum absolute atomic E-state index is 0.0148. The number of carbonyl (C=O) groups excluding carboxylic acids is 1. The normalized spacial score (nSPS) is 13.0. The summed E-state index contributed by atoms with van der Waals surface area (Å²) >= 11 is 0. The van der Waals surface area contributed by atoms with Crippen molar-refractivity contribution < 1.29 is 18.3 Å². The van der Waals surface area contributed by atoms with E-state index in [1.54, 1.807) is 19.1 Å². The quantitative estimate of drug-likeness (QED) is 0.682. The molecule has 1 unspecified atom stereocenters. The zero-order valence-corrected chi connectivity index (χ0v) is 13.3. The lowest BCUT2D eigenvalue weighted by Gasteiger charge is -2.09. The molecule has 0 saturated carbocycles. The molecule has 3 N–H and O–H groups in total. The molecule has 6 nitrogen and oxygen atoms in total. The average Bonchev–Trinajstić information content (AvgIpc) is 2.39. The highest BCUT2D eigenvalue weighted by atomic mass is 32.2. The Morgan fingerprint density at radius 1 is 1.29 bits per heavy atom. The molecule has 1 atom stereocenters. The zero-order chi connectivity index (χ0) is 16.0. The van der Waals surface area contributed by atoms with Crippen molar-refractivity contribution in [1.82, 2.24) is 10.0 Å². The van der Waals surface area contributed by atoms with E-state index in [0.29, 0.717) is 0 Å². The Morgan fingerprint density at radius 2 is 1.95 bits per heavy atom. The Morgan fingerprint density at radius 3 is 2.52 bits per heavy atom. The molecule has 0 fully saturated rings. The number of sulfonamides is 1. The number of nitrogens with one attached hydrogen (secondary N) is 2. The maximum Gasteiger partial charge on any atom is 0.240 e. The monoisotopic (exact) mass is 314 g/mol. The van der Waals surface area contributed by atoms with Gasteiger partial charge < -0.3 is 10.4 Å². The molecular weight excluding hydrogens is 292 g/mol. The van der Waals surface area contributed by atoms with Crippen LogP contribution in [0.5, 0.6) is 0 Å². The SMILES string of the molecule is Cc1ccc(S(=O)(=O)NCCC(=O)NCC(C)O)cc1C. The average molecular weight is 314 g/mol. The maximum absolute atomic E-state index is 12.1. The van der Waals surface area contributed by atoms with Crippen molar-refractivity contribution in [1.29, 1.82) is 0 Å². The van der Waals surface area contributed by atoms with Crippen LogP contribution in [0.15, 0.2) is 23.1 Å². The third kappa shape index (κ3) is 5.82. The van der Waals surface area contributed by atoms with Crippen LogP contribution < -0.4 is 10.0 Å². The minimum atomic E-state index is -3.61. The van der Waals surface area contributed by atoms with E-state index in [9.17, 15) is 13.2 Å². The zero-order valence-electron chi connectivity index (χ0n) is 12.5. The molecule has 0 heterocycles. The molecule has 0 aliphatic carbocycles. The molecule has 0 saturated heterocycles. The highest BCUT2D eigenvalue weighted by molar-refractivity contribution is 7.89. The van der Waals surface area contributed by atoms with Crippen LogP contribution in [0.25, 0.3) is 0 Å². The predicted octanol–water partition coefficient (Wildman–Crippen LogP) is 0.469. The Bertz CT molecular complexity index is 597. The van der Waals surface area contributed by atoms with Gasteiger partial charge in [0.25, 0.3) is 0 Å². The van der Waals surface area contributed by atoms with Crippen molar-refractivity contribution in [3.63, 3.8) is 0 Å². The molecule has 0 aliphatic rings. The first-order valence-electron chi connectivity index (χ1n) is 6.74. The smallest absolute Gasteiger partial charge is 0.240 e. The molecule has 1 aromatic carbocycles. The molecule has 7 heteroatoms. The van der Waals surface area contributed by atoms with E-state index < -0.39 is 16.1 Å². The molecule has 0 aromatic heterocycles. The van der Waals surface area contributed by atoms with E-state index in [1.165, 1.54) is 6.07 Å². The Hall–Kier alpha value is -1.44. The molecule has 1 amide bonds. The van der Waals surface area contributed by atoms with Gasteiger partial charge in [-0.2, -0.15) is 0 Å². The third-order valence-corrected chi connectivity index (χ3v) is 4.49. The first kappa shape index (κ1) is 17.6. The maximum atomic E-state index is 12.1. The number of aliphatic hydroxyl groups excluding tert-OH is 1. The molecular formula is C14H22N2O4S. The van der Waals surface area contributed by atoms with Gasteiger partial charge in [-0.15, -0.1) is 0 Å². The number of amides is 1. The molecule has 0 aliphatic heterocycles. The van der Waals surface area contributed by atoms with Crippen LogP contribution >= 0.6 is 0 Å². The number of hydrogen-bond acceptors (Lipinski definition) is 4. The van der Waals surface area contributed by atoms with E-state index in [2.05, 4.69) is 10.0 Å². The van der Waals surface area contributed by atoms with Crippen LogP contribution in [-0.2, 0) is 14.8 Å². The molecule has 0 bridgehead atoms. The Balaban J connectivity index is 2.53. The van der Waals surface area contributed by atoms with E-state index in [-0.39, 0.29) is 30.3 Å². The summed E-state index contributed by atoms with van der Waals surface area (Å²) in [5.41, 5.74) is 1.92. The largest absolute Gasteiger partial charge is 0.392 e. The molecule has 0 radical (unpaired) electrons. The van der Waals surface area contributed by atoms with E-state index in [1.807, 2.05) is 13.8 Å². The van der Waals surface area contributed by atoms with Crippen LogP contribution in [-0.4, -0.2) is 38.6 Å². The van der Waals surface area contributed by atoms with Crippen LogP contribution in [0.3, 0.4) is 0 Å². The number of benzene rings is 1. The Labute approximate surface area is 125 Å².